The largest absolute Gasteiger partial charge is 0.350 e. The van der Waals surface area contributed by atoms with E-state index in [2.05, 4.69) is 26.2 Å². The molecule has 0 aromatic carbocycles. The van der Waals surface area contributed by atoms with Crippen LogP contribution in [-0.4, -0.2) is 36.7 Å². The van der Waals surface area contributed by atoms with Crippen LogP contribution in [0, 0.1) is 5.92 Å². The Morgan fingerprint density at radius 3 is 2.88 bits per heavy atom. The van der Waals surface area contributed by atoms with Gasteiger partial charge in [-0.3, -0.25) is 9.78 Å². The second-order valence-corrected chi connectivity index (χ2v) is 10.4. The highest BCUT2D eigenvalue weighted by atomic mass is 79.9. The summed E-state index contributed by atoms with van der Waals surface area (Å²) < 4.78 is 27.9. The first-order valence-corrected chi connectivity index (χ1v) is 10.9. The molecule has 3 rings (SSSR count). The topological polar surface area (TPSA) is 79.4 Å². The van der Waals surface area contributed by atoms with Crippen LogP contribution in [0.2, 0.25) is 0 Å². The lowest BCUT2D eigenvalue weighted by Crippen LogP contribution is -2.45. The van der Waals surface area contributed by atoms with E-state index in [-0.39, 0.29) is 18.4 Å². The Morgan fingerprint density at radius 2 is 2.20 bits per heavy atom. The van der Waals surface area contributed by atoms with E-state index < -0.39 is 10.0 Å². The summed E-state index contributed by atoms with van der Waals surface area (Å²) in [4.78, 5) is 16.6. The number of pyridine rings is 1. The summed E-state index contributed by atoms with van der Waals surface area (Å²) in [6.45, 7) is 1.01. The zero-order valence-electron chi connectivity index (χ0n) is 13.4. The molecule has 1 fully saturated rings. The molecular formula is C16H18BrN3O3S2. The monoisotopic (exact) mass is 443 g/mol. The number of hydrogen-bond acceptors (Lipinski definition) is 5. The second-order valence-electron chi connectivity index (χ2n) is 5.80. The molecule has 25 heavy (non-hydrogen) atoms. The van der Waals surface area contributed by atoms with Gasteiger partial charge in [-0.15, -0.1) is 11.3 Å². The first-order valence-electron chi connectivity index (χ1n) is 7.90. The molecule has 1 saturated heterocycles. The van der Waals surface area contributed by atoms with E-state index in [4.69, 9.17) is 0 Å². The molecule has 1 aliphatic heterocycles. The lowest BCUT2D eigenvalue weighted by molar-refractivity contribution is -0.126. The molecule has 0 radical (unpaired) electrons. The summed E-state index contributed by atoms with van der Waals surface area (Å²) in [7, 11) is -3.55. The van der Waals surface area contributed by atoms with Crippen molar-refractivity contribution in [3.8, 4) is 0 Å². The number of halogens is 1. The van der Waals surface area contributed by atoms with Crippen LogP contribution in [0.4, 0.5) is 0 Å². The summed E-state index contributed by atoms with van der Waals surface area (Å²) in [6.07, 6.45) is 3.04. The quantitative estimate of drug-likeness (QED) is 0.769. The van der Waals surface area contributed by atoms with Crippen molar-refractivity contribution in [1.29, 1.82) is 0 Å². The lowest BCUT2D eigenvalue weighted by Gasteiger charge is -2.30. The number of nitrogens with zero attached hydrogens (tertiary/aromatic N) is 2. The highest BCUT2D eigenvalue weighted by molar-refractivity contribution is 9.11. The van der Waals surface area contributed by atoms with Crippen LogP contribution in [-0.2, 0) is 21.4 Å². The van der Waals surface area contributed by atoms with Gasteiger partial charge in [-0.2, -0.15) is 4.31 Å². The maximum Gasteiger partial charge on any atom is 0.252 e. The van der Waals surface area contributed by atoms with E-state index in [1.54, 1.807) is 18.3 Å². The van der Waals surface area contributed by atoms with Crippen molar-refractivity contribution in [2.24, 2.45) is 5.92 Å². The van der Waals surface area contributed by atoms with Gasteiger partial charge < -0.3 is 5.32 Å². The normalized spacial score (nSPS) is 18.8. The van der Waals surface area contributed by atoms with Crippen LogP contribution in [0.1, 0.15) is 18.5 Å². The number of thiophene rings is 1. The Labute approximate surface area is 159 Å². The molecule has 1 atom stereocenters. The Hall–Kier alpha value is -1.29. The number of piperidine rings is 1. The molecule has 0 spiro atoms. The molecule has 2 aromatic heterocycles. The van der Waals surface area contributed by atoms with E-state index in [0.29, 0.717) is 30.1 Å². The van der Waals surface area contributed by atoms with Crippen molar-refractivity contribution in [2.45, 2.75) is 23.6 Å². The minimum atomic E-state index is -3.55. The van der Waals surface area contributed by atoms with Crippen molar-refractivity contribution in [3.63, 3.8) is 0 Å². The van der Waals surface area contributed by atoms with Gasteiger partial charge in [0.2, 0.25) is 5.91 Å². The van der Waals surface area contributed by atoms with Gasteiger partial charge in [0.05, 0.1) is 21.9 Å². The number of nitrogens with one attached hydrogen (secondary N) is 1. The third kappa shape index (κ3) is 4.46. The average Bonchev–Trinajstić information content (AvgIpc) is 3.08. The summed E-state index contributed by atoms with van der Waals surface area (Å²) >= 11 is 4.48. The summed E-state index contributed by atoms with van der Waals surface area (Å²) in [5.41, 5.74) is 0.777. The SMILES string of the molecule is O=C(NCc1ccccn1)C1CCCN(S(=O)(=O)c2ccc(Br)s2)C1. The second kappa shape index (κ2) is 7.94. The molecule has 1 aliphatic rings. The number of rotatable bonds is 5. The molecule has 1 amide bonds. The van der Waals surface area contributed by atoms with Gasteiger partial charge in [0.1, 0.15) is 4.21 Å². The van der Waals surface area contributed by atoms with Gasteiger partial charge >= 0.3 is 0 Å². The number of hydrogen-bond donors (Lipinski definition) is 1. The van der Waals surface area contributed by atoms with Crippen molar-refractivity contribution in [1.82, 2.24) is 14.6 Å². The van der Waals surface area contributed by atoms with Gasteiger partial charge in [0.15, 0.2) is 0 Å². The highest BCUT2D eigenvalue weighted by Crippen LogP contribution is 2.30. The summed E-state index contributed by atoms with van der Waals surface area (Å²) in [5.74, 6) is -0.464. The molecule has 3 heterocycles. The van der Waals surface area contributed by atoms with E-state index >= 15 is 0 Å². The molecule has 1 N–H and O–H groups in total. The molecular weight excluding hydrogens is 426 g/mol. The Bertz CT molecular complexity index is 839. The van der Waals surface area contributed by atoms with Crippen molar-refractivity contribution in [2.75, 3.05) is 13.1 Å². The fourth-order valence-electron chi connectivity index (χ4n) is 2.76. The minimum Gasteiger partial charge on any atom is -0.350 e. The fourth-order valence-corrected chi connectivity index (χ4v) is 6.45. The van der Waals surface area contributed by atoms with E-state index in [1.165, 1.54) is 15.6 Å². The zero-order valence-corrected chi connectivity index (χ0v) is 16.6. The Kier molecular flexibility index (Phi) is 5.88. The number of carbonyl (C=O) groups is 1. The van der Waals surface area contributed by atoms with Gasteiger partial charge in [-0.1, -0.05) is 6.07 Å². The van der Waals surface area contributed by atoms with E-state index in [0.717, 1.165) is 9.48 Å². The first-order chi connectivity index (χ1) is 12.0. The summed E-state index contributed by atoms with van der Waals surface area (Å²) in [5, 5.41) is 2.86. The van der Waals surface area contributed by atoms with Crippen molar-refractivity contribution < 1.29 is 13.2 Å². The first kappa shape index (κ1) is 18.5. The number of amides is 1. The standard InChI is InChI=1S/C16H18BrN3O3S2/c17-14-6-7-15(24-14)25(22,23)20-9-3-4-12(11-20)16(21)19-10-13-5-1-2-8-18-13/h1-2,5-8,12H,3-4,9-11H2,(H,19,21). The third-order valence-electron chi connectivity index (χ3n) is 4.07. The number of carbonyl (C=O) groups excluding carboxylic acids is 1. The molecule has 9 heteroatoms. The van der Waals surface area contributed by atoms with Crippen molar-refractivity contribution in [3.05, 3.63) is 46.0 Å². The van der Waals surface area contributed by atoms with Gasteiger partial charge in [0, 0.05) is 19.3 Å². The van der Waals surface area contributed by atoms with Crippen LogP contribution in [0.3, 0.4) is 0 Å². The van der Waals surface area contributed by atoms with E-state index in [9.17, 15) is 13.2 Å². The Morgan fingerprint density at radius 1 is 1.36 bits per heavy atom. The zero-order chi connectivity index (χ0) is 17.9. The molecule has 0 saturated carbocycles. The van der Waals surface area contributed by atoms with Crippen molar-refractivity contribution >= 4 is 43.2 Å². The molecule has 2 aromatic rings. The van der Waals surface area contributed by atoms with Gasteiger partial charge in [0.25, 0.3) is 10.0 Å². The number of sulfonamides is 1. The minimum absolute atomic E-state index is 0.127. The molecule has 1 unspecified atom stereocenters. The number of aromatic nitrogens is 1. The molecule has 6 nitrogen and oxygen atoms in total. The molecule has 0 bridgehead atoms. The predicted octanol–water partition coefficient (Wildman–Crippen LogP) is 2.62. The highest BCUT2D eigenvalue weighted by Gasteiger charge is 2.33. The van der Waals surface area contributed by atoms with Crippen LogP contribution in [0.25, 0.3) is 0 Å². The van der Waals surface area contributed by atoms with Crippen LogP contribution < -0.4 is 5.32 Å². The van der Waals surface area contributed by atoms with Crippen LogP contribution in [0.5, 0.6) is 0 Å². The van der Waals surface area contributed by atoms with Gasteiger partial charge in [-0.25, -0.2) is 8.42 Å². The third-order valence-corrected chi connectivity index (χ3v) is 8.02. The fraction of sp³-hybridized carbons (Fsp3) is 0.375. The smallest absolute Gasteiger partial charge is 0.252 e. The average molecular weight is 444 g/mol. The molecule has 134 valence electrons. The maximum absolute atomic E-state index is 12.7. The Balaban J connectivity index is 1.63. The maximum atomic E-state index is 12.7. The molecule has 0 aliphatic carbocycles. The van der Waals surface area contributed by atoms with Gasteiger partial charge in [-0.05, 0) is 53.0 Å². The van der Waals surface area contributed by atoms with E-state index in [1.807, 2.05) is 18.2 Å². The van der Waals surface area contributed by atoms with Crippen LogP contribution in [0.15, 0.2) is 44.5 Å². The lowest BCUT2D eigenvalue weighted by atomic mass is 9.99. The summed E-state index contributed by atoms with van der Waals surface area (Å²) in [6, 6.07) is 8.83. The van der Waals surface area contributed by atoms with Crippen LogP contribution >= 0.6 is 27.3 Å². The predicted molar refractivity (Wildman–Crippen MR) is 99.6 cm³/mol.